The van der Waals surface area contributed by atoms with Crippen molar-refractivity contribution in [3.63, 3.8) is 0 Å². The molecule has 1 unspecified atom stereocenters. The van der Waals surface area contributed by atoms with E-state index in [1.807, 2.05) is 36.4 Å². The number of rotatable bonds is 4. The lowest BCUT2D eigenvalue weighted by atomic mass is 10.2. The number of nitrogens with one attached hydrogen (secondary N) is 1. The van der Waals surface area contributed by atoms with Gasteiger partial charge in [-0.25, -0.2) is 0 Å². The number of hydrogen-bond donors (Lipinski definition) is 2. The Balaban J connectivity index is 2.17. The van der Waals surface area contributed by atoms with E-state index in [4.69, 9.17) is 17.3 Å². The van der Waals surface area contributed by atoms with Gasteiger partial charge < -0.3 is 11.1 Å². The second-order valence-electron chi connectivity index (χ2n) is 3.57. The molecular weight excluding hydrogens is 320 g/mol. The van der Waals surface area contributed by atoms with E-state index in [-0.39, 0.29) is 6.04 Å². The van der Waals surface area contributed by atoms with E-state index in [0.717, 1.165) is 19.4 Å². The van der Waals surface area contributed by atoms with Crippen LogP contribution in [-0.4, -0.2) is 6.54 Å². The third-order valence-corrected chi connectivity index (χ3v) is 4.95. The fourth-order valence-corrected chi connectivity index (χ4v) is 3.32. The molecule has 5 heteroatoms. The number of thiophene rings is 1. The van der Waals surface area contributed by atoms with Crippen LogP contribution in [0.1, 0.15) is 10.9 Å². The zero-order valence-corrected chi connectivity index (χ0v) is 12.1. The first-order chi connectivity index (χ1) is 8.20. The topological polar surface area (TPSA) is 38.0 Å². The first-order valence-electron chi connectivity index (χ1n) is 5.17. The van der Waals surface area contributed by atoms with Crippen molar-refractivity contribution in [2.75, 3.05) is 11.9 Å². The van der Waals surface area contributed by atoms with Crippen LogP contribution in [0.3, 0.4) is 0 Å². The van der Waals surface area contributed by atoms with Crippen molar-refractivity contribution in [2.45, 2.75) is 6.04 Å². The lowest BCUT2D eigenvalue weighted by Crippen LogP contribution is -2.19. The minimum atomic E-state index is 0.0891. The van der Waals surface area contributed by atoms with Gasteiger partial charge in [-0.3, -0.25) is 0 Å². The maximum absolute atomic E-state index is 6.04. The van der Waals surface area contributed by atoms with Gasteiger partial charge in [0.15, 0.2) is 0 Å². The van der Waals surface area contributed by atoms with E-state index in [1.165, 1.54) is 0 Å². The summed E-state index contributed by atoms with van der Waals surface area (Å²) in [6, 6.07) is 12.1. The second-order valence-corrected chi connectivity index (χ2v) is 6.11. The number of hydrogen-bond acceptors (Lipinski definition) is 3. The van der Waals surface area contributed by atoms with Gasteiger partial charge in [0.05, 0.1) is 6.04 Å². The summed E-state index contributed by atoms with van der Waals surface area (Å²) in [5.74, 6) is 0. The van der Waals surface area contributed by atoms with Gasteiger partial charge in [0.1, 0.15) is 4.34 Å². The summed E-state index contributed by atoms with van der Waals surface area (Å²) in [6.45, 7) is 0.526. The van der Waals surface area contributed by atoms with Crippen LogP contribution in [0.2, 0.25) is 4.34 Å². The number of para-hydroxylation sites is 1. The summed E-state index contributed by atoms with van der Waals surface area (Å²) < 4.78 is 1.68. The first kappa shape index (κ1) is 12.9. The van der Waals surface area contributed by atoms with Gasteiger partial charge in [-0.2, -0.15) is 0 Å². The molecule has 2 aromatic rings. The maximum Gasteiger partial charge on any atom is 0.107 e. The van der Waals surface area contributed by atoms with Crippen LogP contribution in [0.5, 0.6) is 0 Å². The Morgan fingerprint density at radius 1 is 1.35 bits per heavy atom. The molecule has 2 nitrogen and oxygen atoms in total. The molecule has 0 fully saturated rings. The SMILES string of the molecule is NCC(Nc1ccccc1)c1cc(Br)c(Cl)s1. The smallest absolute Gasteiger partial charge is 0.107 e. The Morgan fingerprint density at radius 2 is 2.06 bits per heavy atom. The quantitative estimate of drug-likeness (QED) is 0.877. The largest absolute Gasteiger partial charge is 0.376 e. The molecule has 0 aliphatic rings. The molecule has 0 radical (unpaired) electrons. The molecule has 0 bridgehead atoms. The van der Waals surface area contributed by atoms with Crippen molar-refractivity contribution in [3.05, 3.63) is 50.1 Å². The molecule has 0 saturated heterocycles. The Labute approximate surface area is 118 Å². The Hall–Kier alpha value is -0.550. The number of anilines is 1. The second kappa shape index (κ2) is 5.87. The van der Waals surface area contributed by atoms with E-state index >= 15 is 0 Å². The minimum Gasteiger partial charge on any atom is -0.376 e. The third-order valence-electron chi connectivity index (χ3n) is 2.36. The molecule has 1 atom stereocenters. The van der Waals surface area contributed by atoms with Gasteiger partial charge in [0.25, 0.3) is 0 Å². The fraction of sp³-hybridized carbons (Fsp3) is 0.167. The van der Waals surface area contributed by atoms with E-state index in [2.05, 4.69) is 21.2 Å². The number of halogens is 2. The Bertz CT molecular complexity index is 467. The standard InChI is InChI=1S/C12H12BrClN2S/c13-9-6-11(17-12(9)14)10(7-15)16-8-4-2-1-3-5-8/h1-6,10,16H,7,15H2. The Morgan fingerprint density at radius 3 is 2.59 bits per heavy atom. The van der Waals surface area contributed by atoms with E-state index in [9.17, 15) is 0 Å². The molecular formula is C12H12BrClN2S. The van der Waals surface area contributed by atoms with Gasteiger partial charge in [-0.1, -0.05) is 29.8 Å². The molecule has 2 rings (SSSR count). The predicted octanol–water partition coefficient (Wildman–Crippen LogP) is 4.28. The summed E-state index contributed by atoms with van der Waals surface area (Å²) in [5, 5.41) is 3.39. The predicted molar refractivity (Wildman–Crippen MR) is 78.9 cm³/mol. The zero-order valence-electron chi connectivity index (χ0n) is 8.99. The van der Waals surface area contributed by atoms with Crippen molar-refractivity contribution >= 4 is 44.6 Å². The van der Waals surface area contributed by atoms with Gasteiger partial charge in [0, 0.05) is 21.6 Å². The summed E-state index contributed by atoms with van der Waals surface area (Å²) >= 11 is 11.0. The van der Waals surface area contributed by atoms with Crippen LogP contribution in [0.25, 0.3) is 0 Å². The van der Waals surface area contributed by atoms with E-state index in [1.54, 1.807) is 11.3 Å². The van der Waals surface area contributed by atoms with E-state index in [0.29, 0.717) is 6.54 Å². The highest BCUT2D eigenvalue weighted by Gasteiger charge is 2.14. The van der Waals surface area contributed by atoms with Gasteiger partial charge >= 0.3 is 0 Å². The van der Waals surface area contributed by atoms with Gasteiger partial charge in [-0.15, -0.1) is 11.3 Å². The summed E-state index contributed by atoms with van der Waals surface area (Å²) in [7, 11) is 0. The van der Waals surface area contributed by atoms with Crippen LogP contribution in [0, 0.1) is 0 Å². The molecule has 1 aromatic heterocycles. The lowest BCUT2D eigenvalue weighted by molar-refractivity contribution is 0.805. The van der Waals surface area contributed by atoms with Crippen molar-refractivity contribution in [1.29, 1.82) is 0 Å². The monoisotopic (exact) mass is 330 g/mol. The fourth-order valence-electron chi connectivity index (χ4n) is 1.52. The molecule has 0 aliphatic heterocycles. The van der Waals surface area contributed by atoms with Gasteiger partial charge in [-0.05, 0) is 34.1 Å². The van der Waals surface area contributed by atoms with Crippen LogP contribution >= 0.6 is 38.9 Å². The van der Waals surface area contributed by atoms with E-state index < -0.39 is 0 Å². The number of benzene rings is 1. The lowest BCUT2D eigenvalue weighted by Gasteiger charge is -2.16. The summed E-state index contributed by atoms with van der Waals surface area (Å²) in [5.41, 5.74) is 6.86. The highest BCUT2D eigenvalue weighted by atomic mass is 79.9. The zero-order chi connectivity index (χ0) is 12.3. The molecule has 1 heterocycles. The van der Waals surface area contributed by atoms with Crippen molar-refractivity contribution in [2.24, 2.45) is 5.73 Å². The van der Waals surface area contributed by atoms with Gasteiger partial charge in [0.2, 0.25) is 0 Å². The average Bonchev–Trinajstić information content (AvgIpc) is 2.68. The van der Waals surface area contributed by atoms with Crippen LogP contribution in [-0.2, 0) is 0 Å². The normalized spacial score (nSPS) is 12.4. The molecule has 0 aliphatic carbocycles. The summed E-state index contributed by atoms with van der Waals surface area (Å²) in [6.07, 6.45) is 0. The molecule has 1 aromatic carbocycles. The molecule has 17 heavy (non-hydrogen) atoms. The van der Waals surface area contributed by atoms with Crippen LogP contribution in [0.15, 0.2) is 40.9 Å². The van der Waals surface area contributed by atoms with Crippen LogP contribution in [0.4, 0.5) is 5.69 Å². The Kier molecular flexibility index (Phi) is 4.45. The highest BCUT2D eigenvalue weighted by Crippen LogP contribution is 2.35. The first-order valence-corrected chi connectivity index (χ1v) is 7.16. The molecule has 0 amide bonds. The third kappa shape index (κ3) is 3.22. The van der Waals surface area contributed by atoms with Crippen molar-refractivity contribution in [1.82, 2.24) is 0 Å². The summed E-state index contributed by atoms with van der Waals surface area (Å²) in [4.78, 5) is 1.13. The molecule has 3 N–H and O–H groups in total. The molecule has 0 spiro atoms. The average molecular weight is 332 g/mol. The van der Waals surface area contributed by atoms with Crippen molar-refractivity contribution < 1.29 is 0 Å². The maximum atomic E-state index is 6.04. The minimum absolute atomic E-state index is 0.0891. The van der Waals surface area contributed by atoms with Crippen molar-refractivity contribution in [3.8, 4) is 0 Å². The highest BCUT2D eigenvalue weighted by molar-refractivity contribution is 9.10. The molecule has 0 saturated carbocycles. The number of nitrogens with two attached hydrogens (primary N) is 1. The van der Waals surface area contributed by atoms with Crippen LogP contribution < -0.4 is 11.1 Å². The molecule has 90 valence electrons.